The van der Waals surface area contributed by atoms with Crippen LogP contribution >= 0.6 is 15.9 Å². The summed E-state index contributed by atoms with van der Waals surface area (Å²) >= 11 is 3.57. The van der Waals surface area contributed by atoms with Crippen molar-refractivity contribution in [2.45, 2.75) is 33.1 Å². The summed E-state index contributed by atoms with van der Waals surface area (Å²) in [4.78, 5) is 17.1. The molecule has 0 radical (unpaired) electrons. The van der Waals surface area contributed by atoms with Gasteiger partial charge in [0.25, 0.3) is 0 Å². The molecule has 37 heavy (non-hydrogen) atoms. The molecule has 0 fully saturated rings. The van der Waals surface area contributed by atoms with Crippen molar-refractivity contribution in [1.29, 1.82) is 0 Å². The summed E-state index contributed by atoms with van der Waals surface area (Å²) in [7, 11) is 1.68. The van der Waals surface area contributed by atoms with Gasteiger partial charge in [0.2, 0.25) is 0 Å². The first-order chi connectivity index (χ1) is 18.0. The van der Waals surface area contributed by atoms with Crippen LogP contribution in [0.1, 0.15) is 30.4 Å². The highest BCUT2D eigenvalue weighted by molar-refractivity contribution is 9.10. The second-order valence-electron chi connectivity index (χ2n) is 9.98. The van der Waals surface area contributed by atoms with E-state index in [4.69, 9.17) is 9.47 Å². The van der Waals surface area contributed by atoms with Crippen LogP contribution in [0.5, 0.6) is 11.5 Å². The Balaban J connectivity index is 1.28. The lowest BCUT2D eigenvalue weighted by atomic mass is 9.81. The maximum atomic E-state index is 6.27. The zero-order valence-electron chi connectivity index (χ0n) is 21.2. The molecule has 6 nitrogen and oxygen atoms in total. The molecule has 0 saturated heterocycles. The lowest BCUT2D eigenvalue weighted by Crippen LogP contribution is -2.23. The van der Waals surface area contributed by atoms with E-state index >= 15 is 0 Å². The number of rotatable bonds is 4. The van der Waals surface area contributed by atoms with Crippen molar-refractivity contribution in [3.05, 3.63) is 76.4 Å². The maximum absolute atomic E-state index is 6.27. The molecule has 1 aliphatic heterocycles. The number of hydrogen-bond donors (Lipinski definition) is 1. The molecule has 6 rings (SSSR count). The molecule has 0 amide bonds. The van der Waals surface area contributed by atoms with E-state index in [-0.39, 0.29) is 0 Å². The van der Waals surface area contributed by atoms with E-state index in [9.17, 15) is 0 Å². The van der Waals surface area contributed by atoms with Gasteiger partial charge in [-0.1, -0.05) is 19.1 Å². The fourth-order valence-corrected chi connectivity index (χ4v) is 5.97. The van der Waals surface area contributed by atoms with Gasteiger partial charge in [0, 0.05) is 5.39 Å². The van der Waals surface area contributed by atoms with Crippen molar-refractivity contribution in [2.24, 2.45) is 11.8 Å². The number of fused-ring (bicyclic) bond motifs is 3. The zero-order chi connectivity index (χ0) is 25.5. The normalized spacial score (nSPS) is 17.7. The third kappa shape index (κ3) is 4.68. The summed E-state index contributed by atoms with van der Waals surface area (Å²) in [6.07, 6.45) is 4.48. The highest BCUT2D eigenvalue weighted by Gasteiger charge is 2.24. The number of hydrogen-bond acceptors (Lipinski definition) is 5. The molecule has 5 aromatic rings. The van der Waals surface area contributed by atoms with Gasteiger partial charge in [-0.3, -0.25) is 0 Å². The van der Waals surface area contributed by atoms with Crippen LogP contribution < -0.4 is 9.47 Å². The number of nitrogens with one attached hydrogen (secondary N) is 1. The highest BCUT2D eigenvalue weighted by atomic mass is 79.9. The number of aryl methyl sites for hydroxylation is 1. The van der Waals surface area contributed by atoms with Gasteiger partial charge < -0.3 is 14.5 Å². The third-order valence-electron chi connectivity index (χ3n) is 7.53. The molecule has 3 aromatic carbocycles. The molecule has 0 spiro atoms. The molecular formula is C30H29BrN4O2. The Morgan fingerprint density at radius 3 is 2.76 bits per heavy atom. The third-order valence-corrected chi connectivity index (χ3v) is 8.15. The van der Waals surface area contributed by atoms with Crippen LogP contribution in [0.3, 0.4) is 0 Å². The number of H-pyrrole nitrogens is 1. The first kappa shape index (κ1) is 23.9. The number of nitrogens with zero attached hydrogens (tertiary/aromatic N) is 3. The van der Waals surface area contributed by atoms with Crippen LogP contribution in [0.2, 0.25) is 0 Å². The molecule has 2 aromatic heterocycles. The molecular weight excluding hydrogens is 528 g/mol. The molecule has 0 bridgehead atoms. The Morgan fingerprint density at radius 1 is 1.05 bits per heavy atom. The summed E-state index contributed by atoms with van der Waals surface area (Å²) in [5.74, 6) is 3.63. The van der Waals surface area contributed by atoms with Crippen molar-refractivity contribution < 1.29 is 9.47 Å². The van der Waals surface area contributed by atoms with E-state index in [0.29, 0.717) is 18.4 Å². The van der Waals surface area contributed by atoms with Gasteiger partial charge in [-0.25, -0.2) is 15.0 Å². The van der Waals surface area contributed by atoms with E-state index in [2.05, 4.69) is 79.2 Å². The smallest absolute Gasteiger partial charge is 0.133 e. The Morgan fingerprint density at radius 2 is 1.89 bits per heavy atom. The molecule has 2 unspecified atom stereocenters. The fraction of sp³-hybridized carbons (Fsp3) is 0.300. The minimum atomic E-state index is 0.439. The Bertz CT molecular complexity index is 1610. The second kappa shape index (κ2) is 9.78. The van der Waals surface area contributed by atoms with Gasteiger partial charge in [0.05, 0.1) is 40.4 Å². The molecule has 188 valence electrons. The standard InChI is InChI=1S/C30H29BrN4O2/c1-17-10-22-11-20(21-4-6-25-28(13-21)35-18(2)34-25)5-7-29(22)37-9-8-19(17)12-26-23-14-30(36-3)24(31)15-27(23)33-16-32-26/h4-7,11,13-17,19H,8-10,12H2,1-3H3,(H,34,35). The average Bonchev–Trinajstić information content (AvgIpc) is 3.26. The topological polar surface area (TPSA) is 72.9 Å². The molecule has 3 heterocycles. The van der Waals surface area contributed by atoms with Crippen molar-refractivity contribution in [3.8, 4) is 22.6 Å². The molecule has 1 aliphatic rings. The Labute approximate surface area is 224 Å². The second-order valence-corrected chi connectivity index (χ2v) is 10.8. The molecule has 0 aliphatic carbocycles. The van der Waals surface area contributed by atoms with Gasteiger partial charge in [-0.2, -0.15) is 0 Å². The van der Waals surface area contributed by atoms with Crippen molar-refractivity contribution >= 4 is 37.9 Å². The van der Waals surface area contributed by atoms with Crippen molar-refractivity contribution in [2.75, 3.05) is 13.7 Å². The summed E-state index contributed by atoms with van der Waals surface area (Å²) in [6.45, 7) is 5.03. The van der Waals surface area contributed by atoms with E-state index in [1.807, 2.05) is 19.1 Å². The molecule has 1 N–H and O–H groups in total. The lowest BCUT2D eigenvalue weighted by Gasteiger charge is -2.28. The summed E-state index contributed by atoms with van der Waals surface area (Å²) in [5, 5.41) is 1.05. The van der Waals surface area contributed by atoms with E-state index in [1.54, 1.807) is 13.4 Å². The number of halogens is 1. The van der Waals surface area contributed by atoms with Gasteiger partial charge in [0.15, 0.2) is 0 Å². The predicted molar refractivity (Wildman–Crippen MR) is 150 cm³/mol. The van der Waals surface area contributed by atoms with Crippen LogP contribution in [-0.2, 0) is 12.8 Å². The van der Waals surface area contributed by atoms with Gasteiger partial charge >= 0.3 is 0 Å². The Kier molecular flexibility index (Phi) is 6.32. The van der Waals surface area contributed by atoms with E-state index < -0.39 is 0 Å². The maximum Gasteiger partial charge on any atom is 0.133 e. The van der Waals surface area contributed by atoms with Crippen LogP contribution in [0, 0.1) is 18.8 Å². The van der Waals surface area contributed by atoms with Gasteiger partial charge in [-0.15, -0.1) is 0 Å². The minimum absolute atomic E-state index is 0.439. The summed E-state index contributed by atoms with van der Waals surface area (Å²) < 4.78 is 12.7. The van der Waals surface area contributed by atoms with E-state index in [1.165, 1.54) is 16.7 Å². The number of benzene rings is 3. The zero-order valence-corrected chi connectivity index (χ0v) is 22.8. The van der Waals surface area contributed by atoms with Crippen LogP contribution in [-0.4, -0.2) is 33.7 Å². The number of ether oxygens (including phenoxy) is 2. The van der Waals surface area contributed by atoms with Crippen molar-refractivity contribution in [1.82, 2.24) is 19.9 Å². The monoisotopic (exact) mass is 556 g/mol. The van der Waals surface area contributed by atoms with Crippen LogP contribution in [0.15, 0.2) is 59.3 Å². The summed E-state index contributed by atoms with van der Waals surface area (Å²) in [5.41, 5.74) is 7.67. The molecule has 2 atom stereocenters. The number of methoxy groups -OCH3 is 1. The van der Waals surface area contributed by atoms with Crippen LogP contribution in [0.25, 0.3) is 33.1 Å². The minimum Gasteiger partial charge on any atom is -0.496 e. The predicted octanol–water partition coefficient (Wildman–Crippen LogP) is 7.07. The fourth-order valence-electron chi connectivity index (χ4n) is 5.48. The lowest BCUT2D eigenvalue weighted by molar-refractivity contribution is 0.221. The first-order valence-electron chi connectivity index (χ1n) is 12.7. The van der Waals surface area contributed by atoms with Crippen LogP contribution in [0.4, 0.5) is 0 Å². The number of imidazole rings is 1. The SMILES string of the molecule is COc1cc2c(CC3CCOc4ccc(-c5ccc6nc(C)[nH]c6c5)cc4CC3C)ncnc2cc1Br. The first-order valence-corrected chi connectivity index (χ1v) is 13.5. The quantitative estimate of drug-likeness (QED) is 0.256. The Hall–Kier alpha value is -3.45. The van der Waals surface area contributed by atoms with Gasteiger partial charge in [-0.05, 0) is 107 Å². The summed E-state index contributed by atoms with van der Waals surface area (Å²) in [6, 6.07) is 17.0. The largest absolute Gasteiger partial charge is 0.496 e. The number of aromatic nitrogens is 4. The van der Waals surface area contributed by atoms with E-state index in [0.717, 1.165) is 68.7 Å². The average molecular weight is 557 g/mol. The number of aromatic amines is 1. The van der Waals surface area contributed by atoms with Crippen molar-refractivity contribution in [3.63, 3.8) is 0 Å². The van der Waals surface area contributed by atoms with Gasteiger partial charge in [0.1, 0.15) is 23.7 Å². The molecule has 0 saturated carbocycles. The molecule has 7 heteroatoms. The highest BCUT2D eigenvalue weighted by Crippen LogP contribution is 2.36.